The fraction of sp³-hybridized carbons (Fsp3) is 0. The van der Waals surface area contributed by atoms with E-state index in [-0.39, 0.29) is 0 Å². The van der Waals surface area contributed by atoms with E-state index in [1.807, 2.05) is 0 Å². The molecule has 0 heterocycles. The average Bonchev–Trinajstić information content (AvgIpc) is 1.19. The Morgan fingerprint density at radius 3 is 1.11 bits per heavy atom. The summed E-state index contributed by atoms with van der Waals surface area (Å²) in [5.74, 6) is 0. The normalized spacial score (nSPS) is 9.11. The zero-order chi connectivity index (χ0) is 8.08. The van der Waals surface area contributed by atoms with Gasteiger partial charge in [0.15, 0.2) is 0 Å². The van der Waals surface area contributed by atoms with Crippen molar-refractivity contribution in [1.82, 2.24) is 0 Å². The van der Waals surface area contributed by atoms with Gasteiger partial charge in [-0.05, 0) is 0 Å². The zero-order valence-electron chi connectivity index (χ0n) is 3.92. The molecule has 0 fully saturated rings. The molecule has 0 atom stereocenters. The van der Waals surface area contributed by atoms with Crippen LogP contribution in [0.15, 0.2) is 0 Å². The number of hydrogen-bond donors (Lipinski definition) is 4. The number of hydrogen-bond acceptors (Lipinski definition) is 3. The summed E-state index contributed by atoms with van der Waals surface area (Å²) in [5.41, 5.74) is 0. The molecule has 0 radical (unpaired) electrons. The molecule has 0 aliphatic carbocycles. The van der Waals surface area contributed by atoms with Gasteiger partial charge in [0.05, 0.1) is 0 Å². The van der Waals surface area contributed by atoms with E-state index in [0.29, 0.717) is 0 Å². The minimum atomic E-state index is -5.25. The number of rotatable bonds is 0. The Balaban J connectivity index is 0. The van der Waals surface area contributed by atoms with Crippen LogP contribution in [-0.2, 0) is 25.7 Å². The molecular weight excluding hydrogens is 192 g/mol. The van der Waals surface area contributed by atoms with Crippen molar-refractivity contribution in [3.63, 3.8) is 0 Å². The Bertz CT molecular complexity index is 151. The first-order valence-electron chi connectivity index (χ1n) is 1.35. The molecule has 0 saturated carbocycles. The van der Waals surface area contributed by atoms with Crippen LogP contribution < -0.4 is 0 Å². The van der Waals surface area contributed by atoms with Gasteiger partial charge in [-0.25, -0.2) is 0 Å². The van der Waals surface area contributed by atoms with Crippen molar-refractivity contribution < 1.29 is 43.6 Å². The van der Waals surface area contributed by atoms with Crippen molar-refractivity contribution in [3.8, 4) is 0 Å². The van der Waals surface area contributed by atoms with Crippen LogP contribution in [0.2, 0.25) is 0 Å². The molecule has 0 saturated heterocycles. The summed E-state index contributed by atoms with van der Waals surface area (Å²) in [6.07, 6.45) is 0. The zero-order valence-corrected chi connectivity index (χ0v) is 6.20. The molecule has 0 amide bonds. The SMILES string of the molecule is O=[Si](O)O.[O]=[Cr](=[O])([OH])[OH]. The molecule has 0 aliphatic rings. The van der Waals surface area contributed by atoms with Crippen LogP contribution in [-0.4, -0.2) is 27.1 Å². The molecule has 7 nitrogen and oxygen atoms in total. The van der Waals surface area contributed by atoms with Crippen LogP contribution in [0.5, 0.6) is 0 Å². The van der Waals surface area contributed by atoms with E-state index in [1.54, 1.807) is 0 Å². The molecule has 9 heavy (non-hydrogen) atoms. The Hall–Kier alpha value is -0.331. The first kappa shape index (κ1) is 11.5. The predicted octanol–water partition coefficient (Wildman–Crippen LogP) is -2.97. The van der Waals surface area contributed by atoms with Crippen molar-refractivity contribution in [2.45, 2.75) is 0 Å². The predicted molar refractivity (Wildman–Crippen MR) is 16.7 cm³/mol. The van der Waals surface area contributed by atoms with E-state index in [9.17, 15) is 0 Å². The summed E-state index contributed by atoms with van der Waals surface area (Å²) in [6.45, 7) is 0. The first-order valence-corrected chi connectivity index (χ1v) is 4.83. The third-order valence-corrected chi connectivity index (χ3v) is 0. The van der Waals surface area contributed by atoms with Gasteiger partial charge in [0.25, 0.3) is 0 Å². The van der Waals surface area contributed by atoms with Gasteiger partial charge in [0, 0.05) is 0 Å². The third kappa shape index (κ3) is 2250. The Kier molecular flexibility index (Phi) is 5.78. The molecule has 56 valence electrons. The molecule has 0 unspecified atom stereocenters. The fourth-order valence-electron chi connectivity index (χ4n) is 0. The summed E-state index contributed by atoms with van der Waals surface area (Å²) >= 11 is -5.25. The summed E-state index contributed by atoms with van der Waals surface area (Å²) in [4.78, 5) is 14.3. The summed E-state index contributed by atoms with van der Waals surface area (Å²) in [5, 5.41) is 0. The van der Waals surface area contributed by atoms with Crippen molar-refractivity contribution in [2.75, 3.05) is 0 Å². The maximum atomic E-state index is 8.82. The Morgan fingerprint density at radius 2 is 1.11 bits per heavy atom. The van der Waals surface area contributed by atoms with Gasteiger partial charge >= 0.3 is 38.7 Å². The van der Waals surface area contributed by atoms with Crippen LogP contribution in [0.3, 0.4) is 0 Å². The Labute approximate surface area is 53.5 Å². The summed E-state index contributed by atoms with van der Waals surface area (Å²) < 4.78 is 40.6. The van der Waals surface area contributed by atoms with Gasteiger partial charge < -0.3 is 9.59 Å². The van der Waals surface area contributed by atoms with Gasteiger partial charge in [-0.2, -0.15) is 0 Å². The van der Waals surface area contributed by atoms with Crippen molar-refractivity contribution >= 4 is 9.17 Å². The molecule has 0 rings (SSSR count). The van der Waals surface area contributed by atoms with Gasteiger partial charge in [0.1, 0.15) is 0 Å². The molecule has 0 aliphatic heterocycles. The van der Waals surface area contributed by atoms with Crippen LogP contribution >= 0.6 is 0 Å². The van der Waals surface area contributed by atoms with Crippen LogP contribution in [0.1, 0.15) is 0 Å². The molecule has 4 N–H and O–H groups in total. The monoisotopic (exact) mass is 196 g/mol. The molecule has 0 aromatic heterocycles. The maximum absolute atomic E-state index is 8.82. The van der Waals surface area contributed by atoms with E-state index in [2.05, 4.69) is 0 Å². The standard InChI is InChI=1S/Cr.H2O3Si.2H2O.2O/c;1-4(2)3;;;;/h;1-2H;2*1H2;;/q+2;;;;;/p-2. The first-order chi connectivity index (χ1) is 3.73. The fourth-order valence-corrected chi connectivity index (χ4v) is 0. The second-order valence-corrected chi connectivity index (χ2v) is 2.69. The minimum absolute atomic E-state index is 3.13. The van der Waals surface area contributed by atoms with E-state index in [4.69, 9.17) is 30.0 Å². The van der Waals surface area contributed by atoms with Gasteiger partial charge in [-0.15, -0.1) is 0 Å². The Morgan fingerprint density at radius 1 is 1.11 bits per heavy atom. The van der Waals surface area contributed by atoms with Gasteiger partial charge in [0.2, 0.25) is 0 Å². The van der Waals surface area contributed by atoms with Crippen molar-refractivity contribution in [1.29, 1.82) is 0 Å². The molecule has 9 heteroatoms. The topological polar surface area (TPSA) is 132 Å². The molecular formula is H4CrO7Si. The van der Waals surface area contributed by atoms with E-state index < -0.39 is 22.8 Å². The molecule has 0 bridgehead atoms. The van der Waals surface area contributed by atoms with Crippen molar-refractivity contribution in [2.24, 2.45) is 0 Å². The van der Waals surface area contributed by atoms with E-state index in [1.165, 1.54) is 0 Å². The van der Waals surface area contributed by atoms with Crippen LogP contribution in [0.25, 0.3) is 0 Å². The van der Waals surface area contributed by atoms with E-state index >= 15 is 0 Å². The summed E-state index contributed by atoms with van der Waals surface area (Å²) in [7, 11) is -3.13. The molecule has 0 aromatic rings. The quantitative estimate of drug-likeness (QED) is 0.304. The van der Waals surface area contributed by atoms with Crippen molar-refractivity contribution in [3.05, 3.63) is 0 Å². The van der Waals surface area contributed by atoms with Crippen LogP contribution in [0, 0.1) is 0 Å². The van der Waals surface area contributed by atoms with Gasteiger partial charge in [-0.3, -0.25) is 4.46 Å². The second kappa shape index (κ2) is 4.54. The molecule has 0 spiro atoms. The van der Waals surface area contributed by atoms with Gasteiger partial charge in [-0.1, -0.05) is 0 Å². The second-order valence-electron chi connectivity index (χ2n) is 0.730. The van der Waals surface area contributed by atoms with Crippen LogP contribution in [0.4, 0.5) is 0 Å². The average molecular weight is 196 g/mol. The third-order valence-electron chi connectivity index (χ3n) is 0. The van der Waals surface area contributed by atoms with E-state index in [0.717, 1.165) is 0 Å². The summed E-state index contributed by atoms with van der Waals surface area (Å²) in [6, 6.07) is 0. The molecule has 0 aromatic carbocycles.